The van der Waals surface area contributed by atoms with E-state index in [0.717, 1.165) is 17.3 Å². The number of rotatable bonds is 10. The second-order valence-electron chi connectivity index (χ2n) is 6.13. The van der Waals surface area contributed by atoms with E-state index in [1.165, 1.54) is 0 Å². The second kappa shape index (κ2) is 11.3. The number of unbranched alkanes of at least 4 members (excludes halogenated alkanes) is 1. The van der Waals surface area contributed by atoms with Gasteiger partial charge in [0.25, 0.3) is 5.91 Å². The van der Waals surface area contributed by atoms with Crippen molar-refractivity contribution < 1.29 is 19.1 Å². The Morgan fingerprint density at radius 3 is 2.54 bits per heavy atom. The Bertz CT molecular complexity index is 793. The SMILES string of the molecule is CCCCOc1ccc(OC)cc1NC(=O)CCNC(=O)c1ccc(Br)cc1. The maximum absolute atomic E-state index is 12.3. The molecule has 0 aromatic heterocycles. The molecule has 2 rings (SSSR count). The number of ether oxygens (including phenoxy) is 2. The number of nitrogens with one attached hydrogen (secondary N) is 2. The van der Waals surface area contributed by atoms with Gasteiger partial charge in [0.2, 0.25) is 5.91 Å². The summed E-state index contributed by atoms with van der Waals surface area (Å²) < 4.78 is 11.9. The molecule has 0 aliphatic heterocycles. The number of carbonyl (C=O) groups is 2. The summed E-state index contributed by atoms with van der Waals surface area (Å²) in [5.41, 5.74) is 1.10. The van der Waals surface area contributed by atoms with Crippen molar-refractivity contribution in [2.45, 2.75) is 26.2 Å². The van der Waals surface area contributed by atoms with Crippen molar-refractivity contribution in [1.82, 2.24) is 5.32 Å². The molecule has 0 fully saturated rings. The third kappa shape index (κ3) is 6.88. The first-order chi connectivity index (χ1) is 13.5. The lowest BCUT2D eigenvalue weighted by Crippen LogP contribution is -2.27. The molecule has 6 nitrogen and oxygen atoms in total. The standard InChI is InChI=1S/C21H25BrN2O4/c1-3-4-13-28-19-10-9-17(27-2)14-18(19)24-20(25)11-12-23-21(26)15-5-7-16(22)8-6-15/h5-10,14H,3-4,11-13H2,1-2H3,(H,23,26)(H,24,25). The molecule has 0 atom stereocenters. The summed E-state index contributed by atoms with van der Waals surface area (Å²) in [7, 11) is 1.57. The van der Waals surface area contributed by atoms with E-state index in [1.807, 2.05) is 0 Å². The van der Waals surface area contributed by atoms with E-state index >= 15 is 0 Å². The van der Waals surface area contributed by atoms with Gasteiger partial charge in [-0.1, -0.05) is 29.3 Å². The van der Waals surface area contributed by atoms with E-state index < -0.39 is 0 Å². The van der Waals surface area contributed by atoms with Gasteiger partial charge in [-0.15, -0.1) is 0 Å². The number of hydrogen-bond acceptors (Lipinski definition) is 4. The van der Waals surface area contributed by atoms with Gasteiger partial charge in [-0.2, -0.15) is 0 Å². The van der Waals surface area contributed by atoms with Gasteiger partial charge in [-0.05, 0) is 42.8 Å². The van der Waals surface area contributed by atoms with Crippen molar-refractivity contribution in [1.29, 1.82) is 0 Å². The number of methoxy groups -OCH3 is 1. The molecule has 0 unspecified atom stereocenters. The van der Waals surface area contributed by atoms with Crippen molar-refractivity contribution in [3.05, 3.63) is 52.5 Å². The Labute approximate surface area is 173 Å². The molecule has 0 saturated heterocycles. The number of anilines is 1. The van der Waals surface area contributed by atoms with Gasteiger partial charge >= 0.3 is 0 Å². The molecule has 0 radical (unpaired) electrons. The highest BCUT2D eigenvalue weighted by Gasteiger charge is 2.11. The van der Waals surface area contributed by atoms with E-state index in [2.05, 4.69) is 33.5 Å². The lowest BCUT2D eigenvalue weighted by atomic mass is 10.2. The smallest absolute Gasteiger partial charge is 0.251 e. The lowest BCUT2D eigenvalue weighted by Gasteiger charge is -2.14. The first-order valence-electron chi connectivity index (χ1n) is 9.18. The highest BCUT2D eigenvalue weighted by Crippen LogP contribution is 2.29. The maximum atomic E-state index is 12.3. The molecule has 2 N–H and O–H groups in total. The summed E-state index contributed by atoms with van der Waals surface area (Å²) in [5, 5.41) is 5.57. The van der Waals surface area contributed by atoms with Crippen molar-refractivity contribution >= 4 is 33.4 Å². The molecule has 7 heteroatoms. The Morgan fingerprint density at radius 2 is 1.86 bits per heavy atom. The Morgan fingerprint density at radius 1 is 1.11 bits per heavy atom. The van der Waals surface area contributed by atoms with Crippen LogP contribution in [0.3, 0.4) is 0 Å². The second-order valence-corrected chi connectivity index (χ2v) is 7.04. The minimum Gasteiger partial charge on any atom is -0.497 e. The fourth-order valence-electron chi connectivity index (χ4n) is 2.39. The van der Waals surface area contributed by atoms with Crippen LogP contribution >= 0.6 is 15.9 Å². The summed E-state index contributed by atoms with van der Waals surface area (Å²) in [6.07, 6.45) is 2.10. The summed E-state index contributed by atoms with van der Waals surface area (Å²) >= 11 is 3.33. The van der Waals surface area contributed by atoms with Gasteiger partial charge in [0.15, 0.2) is 0 Å². The number of carbonyl (C=O) groups excluding carboxylic acids is 2. The summed E-state index contributed by atoms with van der Waals surface area (Å²) in [5.74, 6) is 0.790. The minimum atomic E-state index is -0.218. The van der Waals surface area contributed by atoms with Gasteiger partial charge in [0, 0.05) is 29.1 Å². The van der Waals surface area contributed by atoms with Gasteiger partial charge in [0.05, 0.1) is 19.4 Å². The fourth-order valence-corrected chi connectivity index (χ4v) is 2.66. The topological polar surface area (TPSA) is 76.7 Å². The molecule has 0 aliphatic carbocycles. The van der Waals surface area contributed by atoms with E-state index in [0.29, 0.717) is 29.4 Å². The van der Waals surface area contributed by atoms with Gasteiger partial charge in [0.1, 0.15) is 11.5 Å². The first kappa shape index (κ1) is 21.8. The highest BCUT2D eigenvalue weighted by atomic mass is 79.9. The number of amides is 2. The van der Waals surface area contributed by atoms with Crippen molar-refractivity contribution in [2.75, 3.05) is 25.6 Å². The molecular weight excluding hydrogens is 424 g/mol. The molecule has 2 amide bonds. The largest absolute Gasteiger partial charge is 0.497 e. The monoisotopic (exact) mass is 448 g/mol. The van der Waals surface area contributed by atoms with Crippen LogP contribution in [0.2, 0.25) is 0 Å². The van der Waals surface area contributed by atoms with E-state index in [9.17, 15) is 9.59 Å². The molecule has 0 heterocycles. The fraction of sp³-hybridized carbons (Fsp3) is 0.333. The quantitative estimate of drug-likeness (QED) is 0.528. The van der Waals surface area contributed by atoms with Crippen LogP contribution in [0.4, 0.5) is 5.69 Å². The average molecular weight is 449 g/mol. The van der Waals surface area contributed by atoms with Crippen LogP contribution in [-0.4, -0.2) is 32.1 Å². The summed E-state index contributed by atoms with van der Waals surface area (Å²) in [6, 6.07) is 12.3. The third-order valence-electron chi connectivity index (χ3n) is 3.96. The molecule has 0 spiro atoms. The van der Waals surface area contributed by atoms with Gasteiger partial charge < -0.3 is 20.1 Å². The van der Waals surface area contributed by atoms with Gasteiger partial charge in [-0.3, -0.25) is 9.59 Å². The first-order valence-corrected chi connectivity index (χ1v) is 9.97. The predicted molar refractivity (Wildman–Crippen MR) is 113 cm³/mol. The third-order valence-corrected chi connectivity index (χ3v) is 4.49. The Balaban J connectivity index is 1.89. The average Bonchev–Trinajstić information content (AvgIpc) is 2.69. The molecule has 0 aliphatic rings. The van der Waals surface area contributed by atoms with E-state index in [-0.39, 0.29) is 24.8 Å². The molecule has 2 aromatic carbocycles. The lowest BCUT2D eigenvalue weighted by molar-refractivity contribution is -0.116. The number of halogens is 1. The van der Waals surface area contributed by atoms with Crippen molar-refractivity contribution in [3.63, 3.8) is 0 Å². The normalized spacial score (nSPS) is 10.2. The van der Waals surface area contributed by atoms with E-state index in [4.69, 9.17) is 9.47 Å². The minimum absolute atomic E-state index is 0.147. The summed E-state index contributed by atoms with van der Waals surface area (Å²) in [4.78, 5) is 24.4. The van der Waals surface area contributed by atoms with E-state index in [1.54, 1.807) is 49.6 Å². The molecular formula is C21H25BrN2O4. The van der Waals surface area contributed by atoms with Crippen LogP contribution < -0.4 is 20.1 Å². The van der Waals surface area contributed by atoms with Crippen molar-refractivity contribution in [3.8, 4) is 11.5 Å². The zero-order valence-corrected chi connectivity index (χ0v) is 17.7. The Hall–Kier alpha value is -2.54. The molecule has 150 valence electrons. The van der Waals surface area contributed by atoms with Crippen molar-refractivity contribution in [2.24, 2.45) is 0 Å². The van der Waals surface area contributed by atoms with Crippen LogP contribution in [0, 0.1) is 0 Å². The van der Waals surface area contributed by atoms with Crippen LogP contribution in [0.15, 0.2) is 46.9 Å². The Kier molecular flexibility index (Phi) is 8.81. The molecule has 28 heavy (non-hydrogen) atoms. The van der Waals surface area contributed by atoms with Crippen LogP contribution in [-0.2, 0) is 4.79 Å². The molecule has 0 bridgehead atoms. The maximum Gasteiger partial charge on any atom is 0.251 e. The van der Waals surface area contributed by atoms with Gasteiger partial charge in [-0.25, -0.2) is 0 Å². The number of hydrogen-bond donors (Lipinski definition) is 2. The summed E-state index contributed by atoms with van der Waals surface area (Å²) in [6.45, 7) is 2.90. The zero-order chi connectivity index (χ0) is 20.4. The highest BCUT2D eigenvalue weighted by molar-refractivity contribution is 9.10. The predicted octanol–water partition coefficient (Wildman–Crippen LogP) is 4.40. The number of benzene rings is 2. The van der Waals surface area contributed by atoms with Crippen LogP contribution in [0.1, 0.15) is 36.5 Å². The molecule has 2 aromatic rings. The van der Waals surface area contributed by atoms with Crippen LogP contribution in [0.25, 0.3) is 0 Å². The molecule has 0 saturated carbocycles. The zero-order valence-electron chi connectivity index (χ0n) is 16.1. The van der Waals surface area contributed by atoms with Crippen LogP contribution in [0.5, 0.6) is 11.5 Å².